The van der Waals surface area contributed by atoms with Crippen LogP contribution >= 0.6 is 0 Å². The summed E-state index contributed by atoms with van der Waals surface area (Å²) in [4.78, 5) is 39.8. The maximum Gasteiger partial charge on any atom is 0.255 e. The quantitative estimate of drug-likeness (QED) is 0.659. The highest BCUT2D eigenvalue weighted by molar-refractivity contribution is 5.81. The van der Waals surface area contributed by atoms with Crippen LogP contribution in [-0.4, -0.2) is 27.2 Å². The van der Waals surface area contributed by atoms with Crippen LogP contribution in [0.5, 0.6) is 0 Å². The molecule has 1 fully saturated rings. The van der Waals surface area contributed by atoms with Gasteiger partial charge in [-0.25, -0.2) is 0 Å². The molecule has 0 aliphatic heterocycles. The fraction of sp³-hybridized carbons (Fsp3) is 0.542. The number of hydrogen-bond donors (Lipinski definition) is 0. The number of aryl methyl sites for hydroxylation is 1. The molecule has 1 saturated carbocycles. The van der Waals surface area contributed by atoms with Gasteiger partial charge in [0.25, 0.3) is 5.56 Å². The number of hydrogen-bond acceptors (Lipinski definition) is 3. The molecule has 5 nitrogen and oxygen atoms in total. The zero-order valence-electron chi connectivity index (χ0n) is 17.8. The van der Waals surface area contributed by atoms with Gasteiger partial charge >= 0.3 is 0 Å². The largest absolute Gasteiger partial charge is 0.332 e. The van der Waals surface area contributed by atoms with E-state index in [1.807, 2.05) is 49.1 Å². The Labute approximate surface area is 172 Å². The van der Waals surface area contributed by atoms with E-state index in [1.165, 1.54) is 6.42 Å². The van der Waals surface area contributed by atoms with E-state index >= 15 is 0 Å². The summed E-state index contributed by atoms with van der Waals surface area (Å²) in [6.45, 7) is 4.21. The second kappa shape index (κ2) is 8.93. The van der Waals surface area contributed by atoms with Crippen molar-refractivity contribution in [3.63, 3.8) is 0 Å². The number of nitrogens with zero attached hydrogens (tertiary/aromatic N) is 2. The van der Waals surface area contributed by atoms with E-state index < -0.39 is 5.54 Å². The predicted molar refractivity (Wildman–Crippen MR) is 116 cm³/mol. The van der Waals surface area contributed by atoms with E-state index in [9.17, 15) is 14.4 Å². The molecule has 1 atom stereocenters. The third kappa shape index (κ3) is 4.29. The van der Waals surface area contributed by atoms with Crippen LogP contribution in [0.25, 0.3) is 10.9 Å². The number of benzene rings is 1. The lowest BCUT2D eigenvalue weighted by atomic mass is 9.85. The molecule has 2 aromatic rings. The molecule has 0 spiro atoms. The van der Waals surface area contributed by atoms with Crippen LogP contribution in [0, 0.1) is 5.92 Å². The van der Waals surface area contributed by atoms with E-state index in [4.69, 9.17) is 0 Å². The summed E-state index contributed by atoms with van der Waals surface area (Å²) in [6, 6.07) is 9.67. The lowest BCUT2D eigenvalue weighted by Gasteiger charge is -2.42. The van der Waals surface area contributed by atoms with Crippen molar-refractivity contribution in [1.29, 1.82) is 0 Å². The van der Waals surface area contributed by atoms with Crippen LogP contribution in [0.3, 0.4) is 0 Å². The lowest BCUT2D eigenvalue weighted by molar-refractivity contribution is -0.144. The van der Waals surface area contributed by atoms with Crippen LogP contribution < -0.4 is 5.56 Å². The van der Waals surface area contributed by atoms with Crippen molar-refractivity contribution < 1.29 is 9.59 Å². The fourth-order valence-electron chi connectivity index (χ4n) is 4.50. The van der Waals surface area contributed by atoms with Crippen molar-refractivity contribution >= 4 is 23.1 Å². The molecule has 29 heavy (non-hydrogen) atoms. The van der Waals surface area contributed by atoms with Gasteiger partial charge in [0.2, 0.25) is 5.91 Å². The third-order valence-corrected chi connectivity index (χ3v) is 6.69. The van der Waals surface area contributed by atoms with Crippen LogP contribution in [0.4, 0.5) is 0 Å². The SMILES string of the molecule is CCC(C)(CC=O)N(Cc1cc2ccccc2n(C)c1=O)C(=O)C1CCCCC1. The number of fused-ring (bicyclic) bond motifs is 1. The zero-order chi connectivity index (χ0) is 21.0. The molecule has 5 heteroatoms. The van der Waals surface area contributed by atoms with E-state index in [0.29, 0.717) is 12.0 Å². The summed E-state index contributed by atoms with van der Waals surface area (Å²) < 4.78 is 1.65. The number of pyridine rings is 1. The maximum atomic E-state index is 13.5. The van der Waals surface area contributed by atoms with Gasteiger partial charge in [0, 0.05) is 30.5 Å². The van der Waals surface area contributed by atoms with Crippen molar-refractivity contribution in [3.05, 3.63) is 46.2 Å². The topological polar surface area (TPSA) is 59.4 Å². The monoisotopic (exact) mass is 396 g/mol. The first-order valence-electron chi connectivity index (χ1n) is 10.7. The lowest BCUT2D eigenvalue weighted by Crippen LogP contribution is -2.52. The number of para-hydroxylation sites is 1. The molecule has 1 aliphatic carbocycles. The minimum absolute atomic E-state index is 0.00872. The molecule has 1 aromatic heterocycles. The third-order valence-electron chi connectivity index (χ3n) is 6.69. The molecule has 1 amide bonds. The minimum atomic E-state index is -0.590. The van der Waals surface area contributed by atoms with Gasteiger partial charge in [-0.15, -0.1) is 0 Å². The fourth-order valence-corrected chi connectivity index (χ4v) is 4.50. The maximum absolute atomic E-state index is 13.5. The molecule has 1 heterocycles. The Morgan fingerprint density at radius 2 is 1.93 bits per heavy atom. The number of rotatable bonds is 7. The molecule has 3 rings (SSSR count). The molecule has 156 valence electrons. The number of carbonyl (C=O) groups excluding carboxylic acids is 2. The zero-order valence-corrected chi connectivity index (χ0v) is 17.8. The second-order valence-corrected chi connectivity index (χ2v) is 8.57. The molecule has 0 radical (unpaired) electrons. The van der Waals surface area contributed by atoms with E-state index in [0.717, 1.165) is 42.9 Å². The highest BCUT2D eigenvalue weighted by Gasteiger charge is 2.37. The highest BCUT2D eigenvalue weighted by atomic mass is 16.2. The predicted octanol–water partition coefficient (Wildman–Crippen LogP) is 4.21. The van der Waals surface area contributed by atoms with Gasteiger partial charge in [0.05, 0.1) is 12.1 Å². The average Bonchev–Trinajstić information content (AvgIpc) is 2.75. The molecular weight excluding hydrogens is 364 g/mol. The smallest absolute Gasteiger partial charge is 0.255 e. The van der Waals surface area contributed by atoms with Crippen LogP contribution in [0.2, 0.25) is 0 Å². The van der Waals surface area contributed by atoms with E-state index in [1.54, 1.807) is 11.6 Å². The Balaban J connectivity index is 2.04. The average molecular weight is 397 g/mol. The van der Waals surface area contributed by atoms with Gasteiger partial charge < -0.3 is 14.3 Å². The first-order valence-corrected chi connectivity index (χ1v) is 10.7. The molecular formula is C24H32N2O3. The molecule has 1 aromatic carbocycles. The number of aldehydes is 1. The van der Waals surface area contributed by atoms with Crippen LogP contribution in [0.15, 0.2) is 35.1 Å². The Hall–Kier alpha value is -2.43. The van der Waals surface area contributed by atoms with Gasteiger partial charge in [-0.05, 0) is 43.7 Å². The summed E-state index contributed by atoms with van der Waals surface area (Å²) in [7, 11) is 1.77. The summed E-state index contributed by atoms with van der Waals surface area (Å²) in [5.74, 6) is 0.0803. The first kappa shape index (κ1) is 21.3. The summed E-state index contributed by atoms with van der Waals surface area (Å²) >= 11 is 0. The van der Waals surface area contributed by atoms with Crippen molar-refractivity contribution in [1.82, 2.24) is 9.47 Å². The number of carbonyl (C=O) groups is 2. The van der Waals surface area contributed by atoms with Crippen LogP contribution in [-0.2, 0) is 23.2 Å². The van der Waals surface area contributed by atoms with Crippen molar-refractivity contribution in [3.8, 4) is 0 Å². The number of aromatic nitrogens is 1. The van der Waals surface area contributed by atoms with Crippen LogP contribution in [0.1, 0.15) is 64.4 Å². The number of amides is 1. The second-order valence-electron chi connectivity index (χ2n) is 8.57. The van der Waals surface area contributed by atoms with Gasteiger partial charge in [0.15, 0.2) is 0 Å². The minimum Gasteiger partial charge on any atom is -0.332 e. The molecule has 0 bridgehead atoms. The van der Waals surface area contributed by atoms with Gasteiger partial charge in [0.1, 0.15) is 6.29 Å². The van der Waals surface area contributed by atoms with Gasteiger partial charge in [-0.2, -0.15) is 0 Å². The van der Waals surface area contributed by atoms with E-state index in [2.05, 4.69) is 0 Å². The summed E-state index contributed by atoms with van der Waals surface area (Å²) in [6.07, 6.45) is 6.93. The highest BCUT2D eigenvalue weighted by Crippen LogP contribution is 2.32. The molecule has 1 aliphatic rings. The Bertz CT molecular complexity index is 943. The van der Waals surface area contributed by atoms with Crippen molar-refractivity contribution in [2.24, 2.45) is 13.0 Å². The first-order chi connectivity index (χ1) is 13.9. The molecule has 0 saturated heterocycles. The van der Waals surface area contributed by atoms with Crippen molar-refractivity contribution in [2.75, 3.05) is 0 Å². The van der Waals surface area contributed by atoms with Crippen molar-refractivity contribution in [2.45, 2.75) is 70.9 Å². The Kier molecular flexibility index (Phi) is 6.56. The molecule has 1 unspecified atom stereocenters. The Morgan fingerprint density at radius 1 is 1.24 bits per heavy atom. The normalized spacial score (nSPS) is 17.1. The summed E-state index contributed by atoms with van der Waals surface area (Å²) in [5, 5.41) is 0.975. The van der Waals surface area contributed by atoms with E-state index in [-0.39, 0.29) is 30.3 Å². The van der Waals surface area contributed by atoms with Gasteiger partial charge in [-0.1, -0.05) is 44.4 Å². The Morgan fingerprint density at radius 3 is 2.59 bits per heavy atom. The molecule has 0 N–H and O–H groups in total. The summed E-state index contributed by atoms with van der Waals surface area (Å²) in [5.41, 5.74) is 0.792. The van der Waals surface area contributed by atoms with Gasteiger partial charge in [-0.3, -0.25) is 9.59 Å². The standard InChI is InChI=1S/C24H32N2O3/c1-4-24(2,14-15-27)26(23(29)18-10-6-5-7-11-18)17-20-16-19-12-8-9-13-21(19)25(3)22(20)28/h8-9,12-13,15-16,18H,4-7,10-11,14,17H2,1-3H3.